The van der Waals surface area contributed by atoms with Crippen LogP contribution in [0.4, 0.5) is 11.4 Å². The highest BCUT2D eigenvalue weighted by atomic mass is 35.5. The number of hydrogen-bond acceptors (Lipinski definition) is 3. The number of allylic oxidation sites excluding steroid dienone is 2. The van der Waals surface area contributed by atoms with Gasteiger partial charge in [-0.1, -0.05) is 47.0 Å². The van der Waals surface area contributed by atoms with Gasteiger partial charge in [0.05, 0.1) is 38.8 Å². The molecule has 2 aromatic carbocycles. The maximum Gasteiger partial charge on any atom is 0.257 e. The average molecular weight is 450 g/mol. The number of nitrogens with one attached hydrogen (secondary N) is 1. The van der Waals surface area contributed by atoms with Gasteiger partial charge < -0.3 is 5.32 Å². The molecule has 0 spiro atoms. The van der Waals surface area contributed by atoms with Crippen molar-refractivity contribution in [2.75, 3.05) is 10.2 Å². The molecule has 0 aromatic heterocycles. The molecule has 2 aromatic rings. The fourth-order valence-electron chi connectivity index (χ4n) is 3.66. The Bertz CT molecular complexity index is 1040. The number of anilines is 2. The number of fused-ring (bicyclic) bond motifs is 1. The number of benzene rings is 2. The van der Waals surface area contributed by atoms with Crippen LogP contribution >= 0.6 is 34.8 Å². The number of imide groups is 1. The smallest absolute Gasteiger partial charge is 0.257 e. The first-order chi connectivity index (χ1) is 13.9. The predicted octanol–water partition coefficient (Wildman–Crippen LogP) is 5.35. The number of hydrogen-bond donors (Lipinski definition) is 1. The fourth-order valence-corrected chi connectivity index (χ4v) is 4.38. The van der Waals surface area contributed by atoms with Gasteiger partial charge in [-0.3, -0.25) is 14.4 Å². The molecule has 2 aliphatic rings. The van der Waals surface area contributed by atoms with Crippen LogP contribution in [0.3, 0.4) is 0 Å². The lowest BCUT2D eigenvalue weighted by atomic mass is 9.85. The summed E-state index contributed by atoms with van der Waals surface area (Å²) in [6, 6.07) is 9.19. The summed E-state index contributed by atoms with van der Waals surface area (Å²) in [5.74, 6) is -1.53. The van der Waals surface area contributed by atoms with E-state index < -0.39 is 5.91 Å². The third-order valence-electron chi connectivity index (χ3n) is 5.14. The van der Waals surface area contributed by atoms with E-state index in [1.54, 1.807) is 18.2 Å². The number of halogens is 3. The maximum absolute atomic E-state index is 12.7. The van der Waals surface area contributed by atoms with Crippen LogP contribution in [0.15, 0.2) is 48.6 Å². The molecule has 2 atom stereocenters. The maximum atomic E-state index is 12.7. The van der Waals surface area contributed by atoms with Crippen molar-refractivity contribution in [3.63, 3.8) is 0 Å². The summed E-state index contributed by atoms with van der Waals surface area (Å²) in [4.78, 5) is 39.1. The summed E-state index contributed by atoms with van der Waals surface area (Å²) in [6.45, 7) is 0. The molecule has 0 unspecified atom stereocenters. The molecule has 1 N–H and O–H groups in total. The summed E-state index contributed by atoms with van der Waals surface area (Å²) in [5, 5.41) is 3.52. The Morgan fingerprint density at radius 2 is 1.55 bits per heavy atom. The minimum Gasteiger partial charge on any atom is -0.321 e. The summed E-state index contributed by atoms with van der Waals surface area (Å²) in [7, 11) is 0. The zero-order valence-electron chi connectivity index (χ0n) is 15.0. The highest BCUT2D eigenvalue weighted by Gasteiger charge is 2.47. The fraction of sp³-hybridized carbons (Fsp3) is 0.190. The number of amides is 3. The third-order valence-corrected chi connectivity index (χ3v) is 6.00. The normalized spacial score (nSPS) is 20.7. The summed E-state index contributed by atoms with van der Waals surface area (Å²) in [6.07, 6.45) is 5.00. The quantitative estimate of drug-likeness (QED) is 0.507. The van der Waals surface area contributed by atoms with Crippen LogP contribution in [0.1, 0.15) is 23.2 Å². The second-order valence-electron chi connectivity index (χ2n) is 6.91. The number of nitrogens with zero attached hydrogens (tertiary/aromatic N) is 1. The zero-order valence-corrected chi connectivity index (χ0v) is 17.3. The van der Waals surface area contributed by atoms with E-state index in [9.17, 15) is 14.4 Å². The molecular formula is C21H15Cl3N2O3. The molecule has 5 nitrogen and oxygen atoms in total. The summed E-state index contributed by atoms with van der Waals surface area (Å²) >= 11 is 18.2. The Morgan fingerprint density at radius 3 is 2.14 bits per heavy atom. The van der Waals surface area contributed by atoms with Crippen molar-refractivity contribution < 1.29 is 14.4 Å². The van der Waals surface area contributed by atoms with Crippen LogP contribution in [0, 0.1) is 11.8 Å². The Balaban J connectivity index is 1.56. The van der Waals surface area contributed by atoms with Crippen LogP contribution in [0.2, 0.25) is 15.1 Å². The van der Waals surface area contributed by atoms with Gasteiger partial charge in [0.25, 0.3) is 5.91 Å². The van der Waals surface area contributed by atoms with Gasteiger partial charge in [0, 0.05) is 5.02 Å². The molecule has 4 rings (SSSR count). The second-order valence-corrected chi connectivity index (χ2v) is 8.16. The van der Waals surface area contributed by atoms with Crippen LogP contribution in [0.25, 0.3) is 0 Å². The number of carbonyl (C=O) groups is 3. The number of carbonyl (C=O) groups excluding carboxylic acids is 3. The third kappa shape index (κ3) is 3.66. The highest BCUT2D eigenvalue weighted by Crippen LogP contribution is 2.39. The van der Waals surface area contributed by atoms with E-state index in [1.807, 2.05) is 12.2 Å². The molecule has 148 valence electrons. The average Bonchev–Trinajstić information content (AvgIpc) is 2.94. The largest absolute Gasteiger partial charge is 0.321 e. The van der Waals surface area contributed by atoms with E-state index in [-0.39, 0.29) is 39.3 Å². The van der Waals surface area contributed by atoms with Gasteiger partial charge in [-0.15, -0.1) is 0 Å². The molecule has 8 heteroatoms. The minimum absolute atomic E-state index is 0.203. The highest BCUT2D eigenvalue weighted by molar-refractivity contribution is 6.38. The molecule has 0 radical (unpaired) electrons. The van der Waals surface area contributed by atoms with Crippen LogP contribution in [0.5, 0.6) is 0 Å². The van der Waals surface area contributed by atoms with E-state index in [0.717, 1.165) is 0 Å². The lowest BCUT2D eigenvalue weighted by molar-refractivity contribution is -0.122. The van der Waals surface area contributed by atoms with E-state index in [4.69, 9.17) is 34.8 Å². The van der Waals surface area contributed by atoms with E-state index in [2.05, 4.69) is 5.32 Å². The minimum atomic E-state index is -0.452. The van der Waals surface area contributed by atoms with Crippen molar-refractivity contribution in [2.24, 2.45) is 11.8 Å². The molecule has 0 saturated carbocycles. The molecule has 29 heavy (non-hydrogen) atoms. The Morgan fingerprint density at radius 1 is 0.897 bits per heavy atom. The van der Waals surface area contributed by atoms with Gasteiger partial charge in [0.2, 0.25) is 11.8 Å². The van der Waals surface area contributed by atoms with E-state index in [0.29, 0.717) is 29.2 Å². The summed E-state index contributed by atoms with van der Waals surface area (Å²) < 4.78 is 0. The first-order valence-electron chi connectivity index (χ1n) is 8.95. The molecular weight excluding hydrogens is 435 g/mol. The van der Waals surface area contributed by atoms with E-state index in [1.165, 1.54) is 23.1 Å². The number of rotatable bonds is 3. The monoisotopic (exact) mass is 448 g/mol. The second kappa shape index (κ2) is 7.82. The van der Waals surface area contributed by atoms with E-state index >= 15 is 0 Å². The first kappa shape index (κ1) is 20.0. The van der Waals surface area contributed by atoms with Gasteiger partial charge in [-0.25, -0.2) is 4.90 Å². The molecule has 1 aliphatic heterocycles. The molecule has 1 aliphatic carbocycles. The zero-order chi connectivity index (χ0) is 20.7. The lowest BCUT2D eigenvalue weighted by Gasteiger charge is -2.16. The van der Waals surface area contributed by atoms with Crippen molar-refractivity contribution in [2.45, 2.75) is 12.8 Å². The van der Waals surface area contributed by atoms with Crippen LogP contribution in [-0.2, 0) is 9.59 Å². The van der Waals surface area contributed by atoms with Crippen LogP contribution in [-0.4, -0.2) is 17.7 Å². The van der Waals surface area contributed by atoms with Gasteiger partial charge in [0.1, 0.15) is 0 Å². The van der Waals surface area contributed by atoms with Crippen molar-refractivity contribution >= 4 is 63.9 Å². The summed E-state index contributed by atoms with van der Waals surface area (Å²) in [5.41, 5.74) is 0.976. The van der Waals surface area contributed by atoms with Gasteiger partial charge >= 0.3 is 0 Å². The van der Waals surface area contributed by atoms with Crippen molar-refractivity contribution in [3.05, 3.63) is 69.2 Å². The molecule has 1 heterocycles. The Hall–Kier alpha value is -2.34. The predicted molar refractivity (Wildman–Crippen MR) is 114 cm³/mol. The molecule has 0 bridgehead atoms. The van der Waals surface area contributed by atoms with Crippen molar-refractivity contribution in [3.8, 4) is 0 Å². The van der Waals surface area contributed by atoms with Gasteiger partial charge in [-0.2, -0.15) is 0 Å². The first-order valence-corrected chi connectivity index (χ1v) is 10.1. The van der Waals surface area contributed by atoms with Crippen LogP contribution < -0.4 is 10.2 Å². The molecule has 1 saturated heterocycles. The Kier molecular flexibility index (Phi) is 5.38. The molecule has 1 fully saturated rings. The Labute approximate surface area is 182 Å². The topological polar surface area (TPSA) is 66.5 Å². The van der Waals surface area contributed by atoms with Gasteiger partial charge in [0.15, 0.2) is 0 Å². The SMILES string of the molecule is O=C(Nc1ccc(N2C(=O)[C@@H]3CC=CC[C@H]3C2=O)cc1Cl)c1ccc(Cl)cc1Cl. The standard InChI is InChI=1S/C21H15Cl3N2O3/c22-11-5-7-15(16(23)9-11)19(27)25-18-8-6-12(10-17(18)24)26-20(28)13-3-1-2-4-14(13)21(26)29/h1-2,5-10,13-14H,3-4H2,(H,25,27)/t13-,14-/m1/s1. The van der Waals surface area contributed by atoms with Gasteiger partial charge in [-0.05, 0) is 49.2 Å². The molecule has 3 amide bonds. The lowest BCUT2D eigenvalue weighted by Crippen LogP contribution is -2.30. The van der Waals surface area contributed by atoms with Crippen molar-refractivity contribution in [1.82, 2.24) is 0 Å². The van der Waals surface area contributed by atoms with Crippen molar-refractivity contribution in [1.29, 1.82) is 0 Å².